The van der Waals surface area contributed by atoms with E-state index in [0.29, 0.717) is 11.7 Å². The number of aromatic nitrogens is 1. The highest BCUT2D eigenvalue weighted by atomic mass is 16.3. The number of aryl methyl sites for hydroxylation is 2. The molecule has 3 aromatic rings. The fourth-order valence-corrected chi connectivity index (χ4v) is 3.86. The summed E-state index contributed by atoms with van der Waals surface area (Å²) in [6.07, 6.45) is 3.64. The quantitative estimate of drug-likeness (QED) is 0.619. The Bertz CT molecular complexity index is 1020. The Morgan fingerprint density at radius 2 is 1.84 bits per heavy atom. The number of hydrogen-bond acceptors (Lipinski definition) is 1. The molecule has 1 N–H and O–H groups in total. The van der Waals surface area contributed by atoms with Crippen LogP contribution in [0.4, 0.5) is 5.69 Å². The van der Waals surface area contributed by atoms with Crippen LogP contribution in [0, 0.1) is 27.3 Å². The van der Waals surface area contributed by atoms with Crippen molar-refractivity contribution in [3.8, 4) is 11.1 Å². The minimum Gasteiger partial charge on any atom is -0.393 e. The molecule has 1 aromatic heterocycles. The van der Waals surface area contributed by atoms with E-state index >= 15 is 0 Å². The molecule has 1 saturated carbocycles. The van der Waals surface area contributed by atoms with Gasteiger partial charge in [0.25, 0.3) is 0 Å². The van der Waals surface area contributed by atoms with E-state index in [9.17, 15) is 5.11 Å². The third kappa shape index (κ3) is 2.45. The zero-order valence-electron chi connectivity index (χ0n) is 14.9. The van der Waals surface area contributed by atoms with Gasteiger partial charge < -0.3 is 9.67 Å². The predicted octanol–water partition coefficient (Wildman–Crippen LogP) is 5.48. The summed E-state index contributed by atoms with van der Waals surface area (Å²) in [4.78, 5) is 3.70. The molecule has 0 amide bonds. The molecule has 0 saturated heterocycles. The number of nitrogens with zero attached hydrogens (tertiary/aromatic N) is 2. The molecule has 25 heavy (non-hydrogen) atoms. The van der Waals surface area contributed by atoms with Crippen LogP contribution in [-0.2, 0) is 0 Å². The van der Waals surface area contributed by atoms with E-state index in [2.05, 4.69) is 53.7 Å². The second-order valence-electron chi connectivity index (χ2n) is 7.24. The van der Waals surface area contributed by atoms with Gasteiger partial charge in [-0.05, 0) is 73.4 Å². The molecule has 0 atom stereocenters. The topological polar surface area (TPSA) is 29.5 Å². The minimum absolute atomic E-state index is 0.185. The van der Waals surface area contributed by atoms with E-state index in [1.165, 1.54) is 22.3 Å². The van der Waals surface area contributed by atoms with Crippen LogP contribution < -0.4 is 0 Å². The molecule has 0 radical (unpaired) electrons. The largest absolute Gasteiger partial charge is 0.393 e. The maximum atomic E-state index is 9.74. The van der Waals surface area contributed by atoms with E-state index in [0.717, 1.165) is 29.3 Å². The molecular formula is C22H22N2O. The van der Waals surface area contributed by atoms with Crippen molar-refractivity contribution < 1.29 is 5.11 Å². The third-order valence-corrected chi connectivity index (χ3v) is 5.65. The fraction of sp³-hybridized carbons (Fsp3) is 0.318. The van der Waals surface area contributed by atoms with Crippen LogP contribution in [0.2, 0.25) is 0 Å². The molecule has 1 fully saturated rings. The molecule has 1 aliphatic carbocycles. The van der Waals surface area contributed by atoms with Gasteiger partial charge in [-0.3, -0.25) is 0 Å². The highest BCUT2D eigenvalue weighted by Gasteiger charge is 2.30. The van der Waals surface area contributed by atoms with Crippen molar-refractivity contribution in [1.29, 1.82) is 0 Å². The third-order valence-electron chi connectivity index (χ3n) is 5.65. The number of aliphatic hydroxyl groups is 1. The summed E-state index contributed by atoms with van der Waals surface area (Å²) in [6.45, 7) is 13.8. The van der Waals surface area contributed by atoms with E-state index in [4.69, 9.17) is 6.57 Å². The van der Waals surface area contributed by atoms with Crippen molar-refractivity contribution in [3.05, 3.63) is 64.6 Å². The van der Waals surface area contributed by atoms with E-state index < -0.39 is 0 Å². The normalized spacial score (nSPS) is 19.6. The van der Waals surface area contributed by atoms with Gasteiger partial charge in [0.15, 0.2) is 5.69 Å². The van der Waals surface area contributed by atoms with Crippen LogP contribution in [-0.4, -0.2) is 15.8 Å². The van der Waals surface area contributed by atoms with Gasteiger partial charge in [0, 0.05) is 23.3 Å². The SMILES string of the molecule is [C-]#[N+]c1cc2c(-c3cccc(C)c3C)cn(C3CC(O)C3)c2cc1C. The lowest BCUT2D eigenvalue weighted by molar-refractivity contribution is 0.0504. The number of benzene rings is 2. The lowest BCUT2D eigenvalue weighted by Gasteiger charge is -2.33. The summed E-state index contributed by atoms with van der Waals surface area (Å²) in [5.74, 6) is 0. The average molecular weight is 330 g/mol. The zero-order valence-corrected chi connectivity index (χ0v) is 14.9. The second kappa shape index (κ2) is 5.75. The predicted molar refractivity (Wildman–Crippen MR) is 102 cm³/mol. The van der Waals surface area contributed by atoms with Gasteiger partial charge in [-0.2, -0.15) is 0 Å². The van der Waals surface area contributed by atoms with Crippen molar-refractivity contribution >= 4 is 16.6 Å². The van der Waals surface area contributed by atoms with Crippen LogP contribution in [0.3, 0.4) is 0 Å². The molecule has 3 nitrogen and oxygen atoms in total. The smallest absolute Gasteiger partial charge is 0.190 e. The fourth-order valence-electron chi connectivity index (χ4n) is 3.86. The monoisotopic (exact) mass is 330 g/mol. The van der Waals surface area contributed by atoms with Gasteiger partial charge >= 0.3 is 0 Å². The van der Waals surface area contributed by atoms with Gasteiger partial charge in [-0.25, -0.2) is 4.85 Å². The second-order valence-corrected chi connectivity index (χ2v) is 7.24. The van der Waals surface area contributed by atoms with Crippen molar-refractivity contribution in [3.63, 3.8) is 0 Å². The van der Waals surface area contributed by atoms with Crippen LogP contribution in [0.15, 0.2) is 36.5 Å². The Hall–Kier alpha value is -2.57. The number of hydrogen-bond donors (Lipinski definition) is 1. The van der Waals surface area contributed by atoms with Crippen molar-refractivity contribution in [1.82, 2.24) is 4.57 Å². The van der Waals surface area contributed by atoms with Crippen LogP contribution in [0.1, 0.15) is 35.6 Å². The Morgan fingerprint density at radius 1 is 1.08 bits per heavy atom. The first kappa shape index (κ1) is 15.9. The number of fused-ring (bicyclic) bond motifs is 1. The highest BCUT2D eigenvalue weighted by molar-refractivity contribution is 5.99. The summed E-state index contributed by atoms with van der Waals surface area (Å²) >= 11 is 0. The first-order valence-corrected chi connectivity index (χ1v) is 8.77. The van der Waals surface area contributed by atoms with Crippen molar-refractivity contribution in [2.24, 2.45) is 0 Å². The summed E-state index contributed by atoms with van der Waals surface area (Å²) in [5.41, 5.74) is 7.85. The van der Waals surface area contributed by atoms with Gasteiger partial charge in [0.1, 0.15) is 0 Å². The van der Waals surface area contributed by atoms with Crippen LogP contribution >= 0.6 is 0 Å². The van der Waals surface area contributed by atoms with Crippen LogP contribution in [0.5, 0.6) is 0 Å². The molecule has 3 heteroatoms. The molecular weight excluding hydrogens is 308 g/mol. The lowest BCUT2D eigenvalue weighted by atomic mass is 9.89. The number of rotatable bonds is 2. The highest BCUT2D eigenvalue weighted by Crippen LogP contribution is 2.42. The molecule has 0 bridgehead atoms. The summed E-state index contributed by atoms with van der Waals surface area (Å²) in [7, 11) is 0. The zero-order chi connectivity index (χ0) is 17.7. The number of aliphatic hydroxyl groups excluding tert-OH is 1. The standard InChI is InChI=1S/C22H22N2O/c1-13-6-5-7-18(15(13)3)20-12-24(16-9-17(25)10-16)22-8-14(2)21(23-4)11-19(20)22/h5-8,11-12,16-17,25H,9-10H2,1-3H3. The van der Waals surface area contributed by atoms with E-state index in [-0.39, 0.29) is 6.10 Å². The lowest BCUT2D eigenvalue weighted by Crippen LogP contribution is -2.30. The molecule has 0 spiro atoms. The maximum absolute atomic E-state index is 9.74. The summed E-state index contributed by atoms with van der Waals surface area (Å²) in [6, 6.07) is 10.9. The van der Waals surface area contributed by atoms with E-state index in [1.807, 2.05) is 13.0 Å². The molecule has 126 valence electrons. The minimum atomic E-state index is -0.185. The van der Waals surface area contributed by atoms with Gasteiger partial charge in [0.2, 0.25) is 0 Å². The van der Waals surface area contributed by atoms with Crippen molar-refractivity contribution in [2.45, 2.75) is 45.8 Å². The average Bonchev–Trinajstić information content (AvgIpc) is 2.91. The molecule has 1 heterocycles. The Kier molecular flexibility index (Phi) is 3.67. The van der Waals surface area contributed by atoms with Crippen LogP contribution in [0.25, 0.3) is 26.9 Å². The molecule has 0 aliphatic heterocycles. The Morgan fingerprint density at radius 3 is 2.52 bits per heavy atom. The van der Waals surface area contributed by atoms with Gasteiger partial charge in [0.05, 0.1) is 12.7 Å². The molecule has 4 rings (SSSR count). The molecule has 2 aromatic carbocycles. The van der Waals surface area contributed by atoms with Crippen molar-refractivity contribution in [2.75, 3.05) is 0 Å². The molecule has 0 unspecified atom stereocenters. The first-order chi connectivity index (χ1) is 12.0. The summed E-state index contributed by atoms with van der Waals surface area (Å²) < 4.78 is 2.31. The van der Waals surface area contributed by atoms with Gasteiger partial charge in [-0.1, -0.05) is 18.2 Å². The maximum Gasteiger partial charge on any atom is 0.190 e. The first-order valence-electron chi connectivity index (χ1n) is 8.77. The molecule has 1 aliphatic rings. The van der Waals surface area contributed by atoms with E-state index in [1.54, 1.807) is 0 Å². The summed E-state index contributed by atoms with van der Waals surface area (Å²) in [5, 5.41) is 10.9. The Labute approximate surface area is 148 Å². The Balaban J connectivity index is 2.00. The van der Waals surface area contributed by atoms with Gasteiger partial charge in [-0.15, -0.1) is 0 Å².